The van der Waals surface area contributed by atoms with Crippen LogP contribution in [0.3, 0.4) is 0 Å². The monoisotopic (exact) mass is 393 g/mol. The van der Waals surface area contributed by atoms with Crippen molar-refractivity contribution in [2.24, 2.45) is 5.92 Å². The second-order valence-electron chi connectivity index (χ2n) is 6.14. The predicted molar refractivity (Wildman–Crippen MR) is 87.0 cm³/mol. The van der Waals surface area contributed by atoms with Crippen LogP contribution in [0.2, 0.25) is 0 Å². The van der Waals surface area contributed by atoms with Crippen LogP contribution in [0.1, 0.15) is 25.3 Å². The zero-order valence-electron chi connectivity index (χ0n) is 13.9. The van der Waals surface area contributed by atoms with Crippen LogP contribution >= 0.6 is 0 Å². The van der Waals surface area contributed by atoms with E-state index in [2.05, 4.69) is 5.32 Å². The molecule has 1 fully saturated rings. The lowest BCUT2D eigenvalue weighted by molar-refractivity contribution is -0.154. The Bertz CT molecular complexity index is 791. The highest BCUT2D eigenvalue weighted by Crippen LogP contribution is 2.34. The lowest BCUT2D eigenvalue weighted by Gasteiger charge is -2.17. The summed E-state index contributed by atoms with van der Waals surface area (Å²) < 4.78 is 66.4. The Morgan fingerprint density at radius 3 is 2.54 bits per heavy atom. The summed E-state index contributed by atoms with van der Waals surface area (Å²) in [6.45, 7) is 1.23. The first-order valence-corrected chi connectivity index (χ1v) is 9.67. The number of nitrogens with one attached hydrogen (secondary N) is 1. The number of esters is 1. The first kappa shape index (κ1) is 20.2. The van der Waals surface area contributed by atoms with Gasteiger partial charge in [-0.3, -0.25) is 9.59 Å². The fourth-order valence-corrected chi connectivity index (χ4v) is 4.50. The van der Waals surface area contributed by atoms with Gasteiger partial charge in [-0.05, 0) is 31.4 Å². The van der Waals surface area contributed by atoms with Gasteiger partial charge in [0.15, 0.2) is 15.9 Å². The summed E-state index contributed by atoms with van der Waals surface area (Å²) in [5.41, 5.74) is -1.45. The molecule has 0 aliphatic carbocycles. The fourth-order valence-electron chi connectivity index (χ4n) is 2.64. The van der Waals surface area contributed by atoms with Crippen molar-refractivity contribution < 1.29 is 35.9 Å². The Morgan fingerprint density at radius 2 is 1.96 bits per heavy atom. The summed E-state index contributed by atoms with van der Waals surface area (Å²) in [7, 11) is -3.14. The van der Waals surface area contributed by atoms with Crippen LogP contribution in [0.25, 0.3) is 0 Å². The third-order valence-electron chi connectivity index (χ3n) is 3.95. The van der Waals surface area contributed by atoms with E-state index in [4.69, 9.17) is 4.74 Å². The second kappa shape index (κ2) is 7.65. The SMILES string of the molecule is CC(OC(=O)CC1CCS(=O)(=O)C1)C(=O)Nc1ccccc1C(F)(F)F. The van der Waals surface area contributed by atoms with E-state index in [1.54, 1.807) is 0 Å². The molecule has 0 spiro atoms. The number of carbonyl (C=O) groups is 2. The van der Waals surface area contributed by atoms with Crippen LogP contribution in [-0.2, 0) is 30.3 Å². The van der Waals surface area contributed by atoms with Crippen LogP contribution < -0.4 is 5.32 Å². The standard InChI is InChI=1S/C16H18F3NO5S/c1-10(25-14(21)8-11-6-7-26(23,24)9-11)15(22)20-13-5-3-2-4-12(13)16(17,18)19/h2-5,10-11H,6-9H2,1H3,(H,20,22). The summed E-state index contributed by atoms with van der Waals surface area (Å²) in [5.74, 6) is -2.14. The van der Waals surface area contributed by atoms with Crippen molar-refractivity contribution in [3.05, 3.63) is 29.8 Å². The van der Waals surface area contributed by atoms with E-state index in [-0.39, 0.29) is 23.8 Å². The van der Waals surface area contributed by atoms with Gasteiger partial charge in [0.2, 0.25) is 0 Å². The first-order chi connectivity index (χ1) is 12.0. The topological polar surface area (TPSA) is 89.5 Å². The molecule has 0 bridgehead atoms. The van der Waals surface area contributed by atoms with Gasteiger partial charge in [-0.15, -0.1) is 0 Å². The van der Waals surface area contributed by atoms with Gasteiger partial charge in [-0.1, -0.05) is 12.1 Å². The molecule has 2 unspecified atom stereocenters. The van der Waals surface area contributed by atoms with E-state index in [0.717, 1.165) is 12.1 Å². The highest BCUT2D eigenvalue weighted by atomic mass is 32.2. The summed E-state index contributed by atoms with van der Waals surface area (Å²) in [4.78, 5) is 23.8. The van der Waals surface area contributed by atoms with E-state index < -0.39 is 45.2 Å². The molecular formula is C16H18F3NO5S. The maximum absolute atomic E-state index is 12.9. The zero-order valence-corrected chi connectivity index (χ0v) is 14.7. The van der Waals surface area contributed by atoms with Crippen molar-refractivity contribution in [3.63, 3.8) is 0 Å². The Hall–Kier alpha value is -2.10. The summed E-state index contributed by atoms with van der Waals surface area (Å²) >= 11 is 0. The third kappa shape index (κ3) is 5.45. The molecule has 6 nitrogen and oxygen atoms in total. The molecule has 0 aromatic heterocycles. The van der Waals surface area contributed by atoms with Crippen molar-refractivity contribution in [2.45, 2.75) is 32.0 Å². The lowest BCUT2D eigenvalue weighted by atomic mass is 10.1. The van der Waals surface area contributed by atoms with E-state index in [0.29, 0.717) is 6.42 Å². The number of amides is 1. The maximum atomic E-state index is 12.9. The molecule has 0 saturated carbocycles. The molecule has 1 aromatic rings. The van der Waals surface area contributed by atoms with Crippen molar-refractivity contribution in [2.75, 3.05) is 16.8 Å². The van der Waals surface area contributed by atoms with Gasteiger partial charge in [0.05, 0.1) is 22.8 Å². The number of ether oxygens (including phenoxy) is 1. The van der Waals surface area contributed by atoms with Gasteiger partial charge in [-0.25, -0.2) is 8.42 Å². The molecule has 1 aliphatic heterocycles. The molecular weight excluding hydrogens is 375 g/mol. The third-order valence-corrected chi connectivity index (χ3v) is 5.79. The van der Waals surface area contributed by atoms with Gasteiger partial charge in [-0.2, -0.15) is 13.2 Å². The minimum atomic E-state index is -4.64. The van der Waals surface area contributed by atoms with Crippen LogP contribution in [0.5, 0.6) is 0 Å². The number of rotatable bonds is 5. The predicted octanol–water partition coefficient (Wildman–Crippen LogP) is 2.40. The average molecular weight is 393 g/mol. The number of para-hydroxylation sites is 1. The molecule has 0 radical (unpaired) electrons. The van der Waals surface area contributed by atoms with Crippen molar-refractivity contribution in [1.29, 1.82) is 0 Å². The molecule has 1 heterocycles. The molecule has 2 rings (SSSR count). The Morgan fingerprint density at radius 1 is 1.31 bits per heavy atom. The molecule has 1 N–H and O–H groups in total. The summed E-state index contributed by atoms with van der Waals surface area (Å²) in [5, 5.41) is 2.10. The highest BCUT2D eigenvalue weighted by molar-refractivity contribution is 7.91. The molecule has 144 valence electrons. The number of hydrogen-bond acceptors (Lipinski definition) is 5. The molecule has 1 aliphatic rings. The molecule has 2 atom stereocenters. The number of alkyl halides is 3. The Labute approximate surface area is 148 Å². The summed E-state index contributed by atoms with van der Waals surface area (Å²) in [6, 6.07) is 4.45. The number of carbonyl (C=O) groups excluding carboxylic acids is 2. The largest absolute Gasteiger partial charge is 0.453 e. The Balaban J connectivity index is 1.93. The van der Waals surface area contributed by atoms with Crippen LogP contribution in [0.15, 0.2) is 24.3 Å². The normalized spacial score (nSPS) is 20.4. The van der Waals surface area contributed by atoms with Gasteiger partial charge in [0, 0.05) is 6.42 Å². The van der Waals surface area contributed by atoms with Gasteiger partial charge >= 0.3 is 12.1 Å². The Kier molecular flexibility index (Phi) is 5.94. The van der Waals surface area contributed by atoms with Crippen molar-refractivity contribution in [3.8, 4) is 0 Å². The van der Waals surface area contributed by atoms with E-state index in [1.165, 1.54) is 19.1 Å². The van der Waals surface area contributed by atoms with Gasteiger partial charge in [0.1, 0.15) is 0 Å². The number of sulfone groups is 1. The summed E-state index contributed by atoms with van der Waals surface area (Å²) in [6.07, 6.45) is -5.77. The van der Waals surface area contributed by atoms with E-state index in [1.807, 2.05) is 0 Å². The van der Waals surface area contributed by atoms with E-state index >= 15 is 0 Å². The molecule has 10 heteroatoms. The van der Waals surface area contributed by atoms with Crippen LogP contribution in [0.4, 0.5) is 18.9 Å². The minimum Gasteiger partial charge on any atom is -0.453 e. The molecule has 1 aromatic carbocycles. The fraction of sp³-hybridized carbons (Fsp3) is 0.500. The number of hydrogen-bond donors (Lipinski definition) is 1. The smallest absolute Gasteiger partial charge is 0.418 e. The second-order valence-corrected chi connectivity index (χ2v) is 8.37. The highest BCUT2D eigenvalue weighted by Gasteiger charge is 2.34. The van der Waals surface area contributed by atoms with Crippen LogP contribution in [-0.4, -0.2) is 37.9 Å². The van der Waals surface area contributed by atoms with Crippen molar-refractivity contribution in [1.82, 2.24) is 0 Å². The number of halogens is 3. The van der Waals surface area contributed by atoms with Gasteiger partial charge < -0.3 is 10.1 Å². The minimum absolute atomic E-state index is 0.00914. The zero-order chi connectivity index (χ0) is 19.5. The lowest BCUT2D eigenvalue weighted by Crippen LogP contribution is -2.31. The van der Waals surface area contributed by atoms with E-state index in [9.17, 15) is 31.2 Å². The molecule has 26 heavy (non-hydrogen) atoms. The maximum Gasteiger partial charge on any atom is 0.418 e. The number of anilines is 1. The van der Waals surface area contributed by atoms with Crippen molar-refractivity contribution >= 4 is 27.4 Å². The number of benzene rings is 1. The van der Waals surface area contributed by atoms with Gasteiger partial charge in [0.25, 0.3) is 5.91 Å². The van der Waals surface area contributed by atoms with Crippen LogP contribution in [0, 0.1) is 5.92 Å². The average Bonchev–Trinajstić information content (AvgIpc) is 2.85. The molecule has 1 saturated heterocycles. The quantitative estimate of drug-likeness (QED) is 0.776. The molecule has 1 amide bonds. The first-order valence-electron chi connectivity index (χ1n) is 7.85.